The maximum atomic E-state index is 13.0. The molecule has 3 aromatic carbocycles. The van der Waals surface area contributed by atoms with Crippen molar-refractivity contribution in [3.05, 3.63) is 81.8 Å². The monoisotopic (exact) mass is 473 g/mol. The van der Waals surface area contributed by atoms with E-state index in [0.717, 1.165) is 21.2 Å². The van der Waals surface area contributed by atoms with E-state index in [0.29, 0.717) is 4.47 Å². The van der Waals surface area contributed by atoms with Gasteiger partial charge < -0.3 is 4.74 Å². The fraction of sp³-hybridized carbons (Fsp3) is 0.0476. The molecule has 0 saturated heterocycles. The molecule has 4 rings (SSSR count). The van der Waals surface area contributed by atoms with Gasteiger partial charge >= 0.3 is 5.97 Å². The molecule has 7 heteroatoms. The Bertz CT molecular complexity index is 1040. The highest BCUT2D eigenvalue weighted by molar-refractivity contribution is 9.10. The van der Waals surface area contributed by atoms with Crippen LogP contribution in [-0.2, 0) is 9.53 Å². The second-order valence-corrected chi connectivity index (χ2v) is 8.37. The van der Waals surface area contributed by atoms with Crippen LogP contribution in [0.15, 0.2) is 81.0 Å². The maximum Gasteiger partial charge on any atom is 0.340 e. The first-order valence-corrected chi connectivity index (χ1v) is 10.3. The molecular weight excluding hydrogens is 462 g/mol. The second-order valence-electron chi connectivity index (χ2n) is 5.97. The third-order valence-corrected chi connectivity index (χ3v) is 6.11. The first kappa shape index (κ1) is 19.1. The number of hydrogen-bond acceptors (Lipinski definition) is 4. The van der Waals surface area contributed by atoms with E-state index < -0.39 is 12.6 Å². The summed E-state index contributed by atoms with van der Waals surface area (Å²) < 4.78 is 5.97. The summed E-state index contributed by atoms with van der Waals surface area (Å²) >= 11 is 11.0. The van der Waals surface area contributed by atoms with Crippen molar-refractivity contribution in [1.82, 2.24) is 0 Å². The van der Waals surface area contributed by atoms with E-state index in [1.54, 1.807) is 34.9 Å². The summed E-state index contributed by atoms with van der Waals surface area (Å²) in [7, 11) is 0. The van der Waals surface area contributed by atoms with E-state index in [-0.39, 0.29) is 16.5 Å². The predicted octanol–water partition coefficient (Wildman–Crippen LogP) is 6.09. The van der Waals surface area contributed by atoms with Crippen LogP contribution in [0.4, 0.5) is 11.4 Å². The van der Waals surface area contributed by atoms with Crippen LogP contribution in [0.25, 0.3) is 0 Å². The lowest BCUT2D eigenvalue weighted by Crippen LogP contribution is -2.32. The molecule has 1 aliphatic rings. The molecule has 4 nitrogen and oxygen atoms in total. The highest BCUT2D eigenvalue weighted by Crippen LogP contribution is 2.47. The van der Waals surface area contributed by atoms with Crippen molar-refractivity contribution in [2.24, 2.45) is 0 Å². The Kier molecular flexibility index (Phi) is 5.44. The molecule has 0 saturated carbocycles. The molecule has 0 radical (unpaired) electrons. The largest absolute Gasteiger partial charge is 0.452 e. The van der Waals surface area contributed by atoms with Gasteiger partial charge in [-0.3, -0.25) is 9.69 Å². The van der Waals surface area contributed by atoms with Crippen molar-refractivity contribution in [3.63, 3.8) is 0 Å². The summed E-state index contributed by atoms with van der Waals surface area (Å²) in [6.07, 6.45) is 0. The zero-order valence-corrected chi connectivity index (χ0v) is 17.6. The van der Waals surface area contributed by atoms with E-state index in [1.165, 1.54) is 0 Å². The highest BCUT2D eigenvalue weighted by Gasteiger charge is 2.28. The Morgan fingerprint density at radius 2 is 1.57 bits per heavy atom. The van der Waals surface area contributed by atoms with Crippen LogP contribution in [0, 0.1) is 0 Å². The van der Waals surface area contributed by atoms with Crippen LogP contribution in [-0.4, -0.2) is 18.5 Å². The zero-order valence-electron chi connectivity index (χ0n) is 14.4. The number of fused-ring (bicyclic) bond motifs is 2. The highest BCUT2D eigenvalue weighted by atomic mass is 79.9. The summed E-state index contributed by atoms with van der Waals surface area (Å²) in [5.41, 5.74) is 1.75. The molecule has 0 aliphatic carbocycles. The Morgan fingerprint density at radius 1 is 0.964 bits per heavy atom. The summed E-state index contributed by atoms with van der Waals surface area (Å²) in [5.74, 6) is -0.979. The van der Waals surface area contributed by atoms with Gasteiger partial charge in [0.1, 0.15) is 0 Å². The molecule has 3 aromatic rings. The molecule has 0 N–H and O–H groups in total. The van der Waals surface area contributed by atoms with Gasteiger partial charge in [0.2, 0.25) is 0 Å². The van der Waals surface area contributed by atoms with E-state index in [1.807, 2.05) is 48.5 Å². The summed E-state index contributed by atoms with van der Waals surface area (Å²) in [6, 6.07) is 20.2. The number of carbonyl (C=O) groups is 2. The van der Waals surface area contributed by atoms with Crippen molar-refractivity contribution in [3.8, 4) is 0 Å². The summed E-state index contributed by atoms with van der Waals surface area (Å²) in [6.45, 7) is -0.394. The fourth-order valence-electron chi connectivity index (χ4n) is 2.90. The maximum absolute atomic E-state index is 13.0. The average Bonchev–Trinajstić information content (AvgIpc) is 2.71. The standard InChI is InChI=1S/C21H13BrClNO3S/c22-13-9-10-15(23)14(11-13)21(26)27-12-20(25)24-16-5-1-3-7-18(16)28-19-8-4-2-6-17(19)24/h1-11H,12H2. The van der Waals surface area contributed by atoms with E-state index in [2.05, 4.69) is 15.9 Å². The number of anilines is 2. The molecule has 0 aromatic heterocycles. The minimum absolute atomic E-state index is 0.207. The van der Waals surface area contributed by atoms with Crippen LogP contribution in [0.3, 0.4) is 0 Å². The van der Waals surface area contributed by atoms with Gasteiger partial charge in [-0.25, -0.2) is 4.79 Å². The average molecular weight is 475 g/mol. The summed E-state index contributed by atoms with van der Waals surface area (Å²) in [4.78, 5) is 28.9. The van der Waals surface area contributed by atoms with Crippen molar-refractivity contribution in [2.75, 3.05) is 11.5 Å². The Balaban J connectivity index is 1.59. The number of rotatable bonds is 3. The number of esters is 1. The molecule has 1 heterocycles. The van der Waals surface area contributed by atoms with Crippen LogP contribution in [0.1, 0.15) is 10.4 Å². The second kappa shape index (κ2) is 7.99. The number of carbonyl (C=O) groups excluding carboxylic acids is 2. The van der Waals surface area contributed by atoms with Crippen molar-refractivity contribution < 1.29 is 14.3 Å². The lowest BCUT2D eigenvalue weighted by Gasteiger charge is -2.30. The van der Waals surface area contributed by atoms with Gasteiger partial charge in [0.05, 0.1) is 22.0 Å². The van der Waals surface area contributed by atoms with Crippen molar-refractivity contribution >= 4 is 62.5 Å². The Morgan fingerprint density at radius 3 is 2.21 bits per heavy atom. The van der Waals surface area contributed by atoms with E-state index >= 15 is 0 Å². The smallest absolute Gasteiger partial charge is 0.340 e. The summed E-state index contributed by atoms with van der Waals surface area (Å²) in [5, 5.41) is 0.269. The lowest BCUT2D eigenvalue weighted by atomic mass is 10.2. The molecule has 0 spiro atoms. The fourth-order valence-corrected chi connectivity index (χ4v) is 4.51. The molecule has 0 atom stereocenters. The van der Waals surface area contributed by atoms with Crippen LogP contribution in [0.5, 0.6) is 0 Å². The minimum Gasteiger partial charge on any atom is -0.452 e. The van der Waals surface area contributed by atoms with Gasteiger partial charge in [-0.15, -0.1) is 0 Å². The third kappa shape index (κ3) is 3.68. The topological polar surface area (TPSA) is 46.6 Å². The van der Waals surface area contributed by atoms with Gasteiger partial charge in [0, 0.05) is 14.3 Å². The number of para-hydroxylation sites is 2. The number of nitrogens with zero attached hydrogens (tertiary/aromatic N) is 1. The molecule has 0 fully saturated rings. The number of hydrogen-bond donors (Lipinski definition) is 0. The first-order chi connectivity index (χ1) is 13.5. The van der Waals surface area contributed by atoms with E-state index in [9.17, 15) is 9.59 Å². The minimum atomic E-state index is -0.646. The van der Waals surface area contributed by atoms with Gasteiger partial charge in [-0.05, 0) is 42.5 Å². The first-order valence-electron chi connectivity index (χ1n) is 8.35. The Hall–Kier alpha value is -2.28. The van der Waals surface area contributed by atoms with Crippen molar-refractivity contribution in [1.29, 1.82) is 0 Å². The van der Waals surface area contributed by atoms with Gasteiger partial charge in [0.15, 0.2) is 6.61 Å². The number of benzene rings is 3. The van der Waals surface area contributed by atoms with Gasteiger partial charge in [-0.1, -0.05) is 63.6 Å². The number of ether oxygens (including phenoxy) is 1. The van der Waals surface area contributed by atoms with Gasteiger partial charge in [0.25, 0.3) is 5.91 Å². The SMILES string of the molecule is O=C(OCC(=O)N1c2ccccc2Sc2ccccc21)c1cc(Br)ccc1Cl. The zero-order chi connectivity index (χ0) is 19.7. The third-order valence-electron chi connectivity index (χ3n) is 4.16. The van der Waals surface area contributed by atoms with E-state index in [4.69, 9.17) is 16.3 Å². The normalized spacial score (nSPS) is 12.1. The molecule has 1 amide bonds. The van der Waals surface area contributed by atoms with Gasteiger partial charge in [-0.2, -0.15) is 0 Å². The van der Waals surface area contributed by atoms with Crippen LogP contribution >= 0.6 is 39.3 Å². The lowest BCUT2D eigenvalue weighted by molar-refractivity contribution is -0.121. The molecular formula is C21H13BrClNO3S. The van der Waals surface area contributed by atoms with Crippen molar-refractivity contribution in [2.45, 2.75) is 9.79 Å². The molecule has 0 bridgehead atoms. The molecule has 1 aliphatic heterocycles. The molecule has 140 valence electrons. The Labute approximate surface area is 179 Å². The van der Waals surface area contributed by atoms with Crippen LogP contribution in [0.2, 0.25) is 5.02 Å². The number of halogens is 2. The molecule has 28 heavy (non-hydrogen) atoms. The quantitative estimate of drug-likeness (QED) is 0.431. The predicted molar refractivity (Wildman–Crippen MR) is 114 cm³/mol. The molecule has 0 unspecified atom stereocenters. The number of amides is 1. The van der Waals surface area contributed by atoms with Crippen LogP contribution < -0.4 is 4.90 Å².